The number of aromatic amines is 1. The molecule has 52 heavy (non-hydrogen) atoms. The maximum Gasteiger partial charge on any atom is 0.490 e. The van der Waals surface area contributed by atoms with Crippen LogP contribution >= 0.6 is 31.3 Å². The third kappa shape index (κ3) is 10.7. The summed E-state index contributed by atoms with van der Waals surface area (Å²) < 4.78 is 72.7. The lowest BCUT2D eigenvalue weighted by atomic mass is 10.1. The van der Waals surface area contributed by atoms with Gasteiger partial charge < -0.3 is 65.0 Å². The minimum absolute atomic E-state index is 0.0426. The number of anilines is 1. The highest BCUT2D eigenvalue weighted by Crippen LogP contribution is 2.66. The SMILES string of the molecule is Nc1ncnc2c1ncn2C1OC(COP(=O)(O)OP(=O)(O)OP(=O)(O)O)C(O)C1O.O=c1ccn(C2OC(COP(=O)(O)O)C(O)C2O)c(=O)[nH]1. The molecule has 0 amide bonds. The molecule has 0 saturated carbocycles. The van der Waals surface area contributed by atoms with Gasteiger partial charge in [0.15, 0.2) is 23.9 Å². The van der Waals surface area contributed by atoms with Crippen LogP contribution in [-0.4, -0.2) is 129 Å². The zero-order valence-corrected chi connectivity index (χ0v) is 28.9. The van der Waals surface area contributed by atoms with Crippen LogP contribution < -0.4 is 17.0 Å². The lowest BCUT2D eigenvalue weighted by molar-refractivity contribution is -0.0543. The van der Waals surface area contributed by atoms with E-state index in [1.54, 1.807) is 0 Å². The molecule has 0 spiro atoms. The second kappa shape index (κ2) is 16.0. The smallest absolute Gasteiger partial charge is 0.387 e. The number of nitrogens with one attached hydrogen (secondary N) is 1. The second-order valence-electron chi connectivity index (χ2n) is 10.4. The topological polar surface area (TPSA) is 450 Å². The number of nitrogen functional groups attached to an aromatic ring is 1. The Morgan fingerprint density at radius 3 is 1.85 bits per heavy atom. The van der Waals surface area contributed by atoms with Gasteiger partial charge >= 0.3 is 37.0 Å². The third-order valence-corrected chi connectivity index (χ3v) is 11.0. The standard InChI is InChI=1S/C10H16N5O13P3.C9H13N2O9P/c11-8-5-9(13-2-12-8)15(3-14-5)10-7(17)6(16)4(26-10)1-25-30(21,22)28-31(23,24)27-29(18,19)20;12-5-1-2-11(9(15)10-5)8-7(14)6(13)4(20-8)3-19-21(16,17)18/h2-4,6-7,10,16-17H,1H2,(H,21,22)(H,23,24)(H2,11,12,13)(H2,18,19,20);1-2,4,6-8,13-14H,3H2,(H,10,12,15)(H2,16,17,18). The molecular weight excluding hydrogens is 802 g/mol. The van der Waals surface area contributed by atoms with Gasteiger partial charge in [0.05, 0.1) is 19.5 Å². The Morgan fingerprint density at radius 2 is 1.31 bits per heavy atom. The highest BCUT2D eigenvalue weighted by atomic mass is 31.3. The van der Waals surface area contributed by atoms with Crippen LogP contribution in [0.5, 0.6) is 0 Å². The fourth-order valence-corrected chi connectivity index (χ4v) is 7.89. The number of ether oxygens (including phenoxy) is 2. The molecule has 292 valence electrons. The molecule has 5 heterocycles. The van der Waals surface area contributed by atoms with Gasteiger partial charge in [-0.15, -0.1) is 0 Å². The predicted molar refractivity (Wildman–Crippen MR) is 161 cm³/mol. The molecule has 2 saturated heterocycles. The van der Waals surface area contributed by atoms with E-state index < -0.39 is 105 Å². The summed E-state index contributed by atoms with van der Waals surface area (Å²) in [5.41, 5.74) is 4.49. The van der Waals surface area contributed by atoms with Gasteiger partial charge in [-0.25, -0.2) is 38.0 Å². The highest BCUT2D eigenvalue weighted by Gasteiger charge is 2.47. The number of phosphoric acid groups is 4. The average Bonchev–Trinajstić information content (AvgIpc) is 3.64. The van der Waals surface area contributed by atoms with Crippen LogP contribution in [0.25, 0.3) is 11.2 Å². The molecule has 2 fully saturated rings. The van der Waals surface area contributed by atoms with Crippen molar-refractivity contribution in [3.63, 3.8) is 0 Å². The number of aliphatic hydroxyl groups is 4. The summed E-state index contributed by atoms with van der Waals surface area (Å²) >= 11 is 0. The molecule has 29 nitrogen and oxygen atoms in total. The lowest BCUT2D eigenvalue weighted by Gasteiger charge is -2.19. The van der Waals surface area contributed by atoms with Gasteiger partial charge in [0.25, 0.3) is 5.56 Å². The van der Waals surface area contributed by atoms with Crippen LogP contribution in [0, 0.1) is 0 Å². The maximum atomic E-state index is 11.8. The molecule has 10 atom stereocenters. The third-order valence-electron chi connectivity index (χ3n) is 6.69. The summed E-state index contributed by atoms with van der Waals surface area (Å²) in [6.07, 6.45) is -8.27. The van der Waals surface area contributed by atoms with Crippen molar-refractivity contribution in [3.8, 4) is 0 Å². The van der Waals surface area contributed by atoms with Crippen LogP contribution in [0.3, 0.4) is 0 Å². The molecule has 0 radical (unpaired) electrons. The Balaban J connectivity index is 0.000000251. The Morgan fingerprint density at radius 1 is 0.750 bits per heavy atom. The Hall–Kier alpha value is -2.69. The lowest BCUT2D eigenvalue weighted by Crippen LogP contribution is -2.37. The quantitative estimate of drug-likeness (QED) is 0.0767. The number of rotatable bonds is 12. The number of nitrogens with two attached hydrogens (primary N) is 1. The van der Waals surface area contributed by atoms with Crippen LogP contribution in [0.2, 0.25) is 0 Å². The van der Waals surface area contributed by atoms with E-state index in [1.165, 1.54) is 10.9 Å². The maximum absolute atomic E-state index is 11.8. The number of hydrogen-bond acceptors (Lipinski definition) is 20. The first-order valence-corrected chi connectivity index (χ1v) is 19.7. The number of phosphoric ester groups is 2. The largest absolute Gasteiger partial charge is 0.490 e. The first-order chi connectivity index (χ1) is 23.9. The molecule has 0 aromatic carbocycles. The molecular formula is C19H29N7O22P4. The highest BCUT2D eigenvalue weighted by molar-refractivity contribution is 7.66. The monoisotopic (exact) mass is 831 g/mol. The fraction of sp³-hybridized carbons (Fsp3) is 0.526. The summed E-state index contributed by atoms with van der Waals surface area (Å²) in [5, 5.41) is 40.0. The molecule has 2 aliphatic heterocycles. The van der Waals surface area contributed by atoms with Gasteiger partial charge in [0, 0.05) is 12.3 Å². The number of nitrogens with zero attached hydrogens (tertiary/aromatic N) is 5. The Labute approximate surface area is 286 Å². The van der Waals surface area contributed by atoms with Gasteiger partial charge in [-0.2, -0.15) is 8.62 Å². The van der Waals surface area contributed by atoms with Gasteiger partial charge in [-0.3, -0.25) is 28.0 Å². The normalized spacial score (nSPS) is 29.0. The van der Waals surface area contributed by atoms with Crippen LogP contribution in [-0.2, 0) is 45.4 Å². The first kappa shape index (κ1) is 42.1. The second-order valence-corrected chi connectivity index (χ2v) is 16.0. The zero-order valence-electron chi connectivity index (χ0n) is 25.3. The Bertz CT molecular complexity index is 2050. The zero-order chi connectivity index (χ0) is 39.0. The van der Waals surface area contributed by atoms with Crippen LogP contribution in [0.1, 0.15) is 12.5 Å². The number of aliphatic hydroxyl groups excluding tert-OH is 4. The molecule has 13 N–H and O–H groups in total. The molecule has 2 aliphatic rings. The number of fused-ring (bicyclic) bond motifs is 1. The van der Waals surface area contributed by atoms with Gasteiger partial charge in [-0.1, -0.05) is 0 Å². The minimum atomic E-state index is -5.70. The predicted octanol–water partition coefficient (Wildman–Crippen LogP) is -4.36. The fourth-order valence-electron chi connectivity index (χ4n) is 4.52. The number of imidazole rings is 1. The molecule has 3 aromatic rings. The van der Waals surface area contributed by atoms with Gasteiger partial charge in [0.2, 0.25) is 0 Å². The molecule has 10 unspecified atom stereocenters. The van der Waals surface area contributed by atoms with E-state index in [0.29, 0.717) is 0 Å². The van der Waals surface area contributed by atoms with Gasteiger partial charge in [0.1, 0.15) is 48.5 Å². The average molecular weight is 831 g/mol. The van der Waals surface area contributed by atoms with Crippen LogP contribution in [0.4, 0.5) is 5.82 Å². The van der Waals surface area contributed by atoms with Gasteiger partial charge in [-0.05, 0) is 0 Å². The molecule has 3 aromatic heterocycles. The molecule has 0 bridgehead atoms. The number of H-pyrrole nitrogens is 1. The van der Waals surface area contributed by atoms with Crippen molar-refractivity contribution in [2.45, 2.75) is 49.1 Å². The van der Waals surface area contributed by atoms with Crippen molar-refractivity contribution < 1.29 is 95.2 Å². The summed E-state index contributed by atoms with van der Waals surface area (Å²) in [6, 6.07) is 1.02. The Kier molecular flexibility index (Phi) is 12.9. The van der Waals surface area contributed by atoms with Crippen molar-refractivity contribution in [2.24, 2.45) is 0 Å². The summed E-state index contributed by atoms with van der Waals surface area (Å²) in [5.74, 6) is 0.0426. The van der Waals surface area contributed by atoms with Crippen molar-refractivity contribution in [3.05, 3.63) is 45.8 Å². The summed E-state index contributed by atoms with van der Waals surface area (Å²) in [6.45, 7) is -1.64. The number of aromatic nitrogens is 6. The van der Waals surface area contributed by atoms with Crippen LogP contribution in [0.15, 0.2) is 34.5 Å². The molecule has 0 aliphatic carbocycles. The number of hydrogen-bond donors (Lipinski definition) is 12. The molecule has 5 rings (SSSR count). The van der Waals surface area contributed by atoms with E-state index >= 15 is 0 Å². The molecule has 33 heteroatoms. The van der Waals surface area contributed by atoms with E-state index in [4.69, 9.17) is 39.7 Å². The summed E-state index contributed by atoms with van der Waals surface area (Å²) in [4.78, 5) is 88.9. The minimum Gasteiger partial charge on any atom is -0.387 e. The van der Waals surface area contributed by atoms with E-state index in [2.05, 4.69) is 32.6 Å². The van der Waals surface area contributed by atoms with Crippen molar-refractivity contribution >= 4 is 48.3 Å². The van der Waals surface area contributed by atoms with E-state index in [9.17, 15) is 53.2 Å². The van der Waals surface area contributed by atoms with Crippen molar-refractivity contribution in [1.29, 1.82) is 0 Å². The van der Waals surface area contributed by atoms with E-state index in [0.717, 1.165) is 23.2 Å². The summed E-state index contributed by atoms with van der Waals surface area (Å²) in [7, 11) is -21.4. The van der Waals surface area contributed by atoms with E-state index in [1.807, 2.05) is 4.98 Å². The van der Waals surface area contributed by atoms with E-state index in [-0.39, 0.29) is 17.0 Å². The van der Waals surface area contributed by atoms with Crippen molar-refractivity contribution in [1.82, 2.24) is 29.1 Å². The first-order valence-electron chi connectivity index (χ1n) is 13.6. The van der Waals surface area contributed by atoms with Crippen molar-refractivity contribution in [2.75, 3.05) is 18.9 Å².